The number of nitrogens with one attached hydrogen (secondary N) is 1. The lowest BCUT2D eigenvalue weighted by molar-refractivity contribution is 0.0995. The number of furan rings is 1. The van der Waals surface area contributed by atoms with Gasteiger partial charge in [-0.1, -0.05) is 23.2 Å². The second-order valence-corrected chi connectivity index (χ2v) is 6.98. The van der Waals surface area contributed by atoms with Crippen LogP contribution in [0.15, 0.2) is 62.0 Å². The molecule has 0 fully saturated rings. The second-order valence-electron chi connectivity index (χ2n) is 5.39. The van der Waals surface area contributed by atoms with Crippen molar-refractivity contribution in [3.8, 4) is 11.5 Å². The number of rotatable bonds is 3. The monoisotopic (exact) mass is 450 g/mol. The topological polar surface area (TPSA) is 68.3 Å². The molecule has 4 rings (SSSR count). The summed E-state index contributed by atoms with van der Waals surface area (Å²) in [5.41, 5.74) is 2.47. The molecule has 0 aliphatic heterocycles. The summed E-state index contributed by atoms with van der Waals surface area (Å²) in [6, 6.07) is 13.5. The highest BCUT2D eigenvalue weighted by molar-refractivity contribution is 9.10. The van der Waals surface area contributed by atoms with Crippen LogP contribution in [0.5, 0.6) is 0 Å². The van der Waals surface area contributed by atoms with E-state index in [1.807, 2.05) is 0 Å². The summed E-state index contributed by atoms with van der Waals surface area (Å²) in [4.78, 5) is 16.6. The molecule has 1 N–H and O–H groups in total. The van der Waals surface area contributed by atoms with Crippen molar-refractivity contribution in [2.75, 3.05) is 5.32 Å². The summed E-state index contributed by atoms with van der Waals surface area (Å²) in [7, 11) is 0. The van der Waals surface area contributed by atoms with Gasteiger partial charge in [0, 0.05) is 11.3 Å². The first-order valence-corrected chi connectivity index (χ1v) is 8.97. The maximum Gasteiger partial charge on any atom is 0.291 e. The van der Waals surface area contributed by atoms with Gasteiger partial charge in [0.05, 0.1) is 10.0 Å². The Hall–Kier alpha value is -2.28. The van der Waals surface area contributed by atoms with E-state index in [-0.39, 0.29) is 11.7 Å². The minimum atomic E-state index is -0.358. The molecule has 0 atom stereocenters. The average molecular weight is 452 g/mol. The molecule has 0 spiro atoms. The normalized spacial score (nSPS) is 11.0. The Morgan fingerprint density at radius 2 is 1.85 bits per heavy atom. The Morgan fingerprint density at radius 1 is 1.00 bits per heavy atom. The van der Waals surface area contributed by atoms with E-state index in [0.717, 1.165) is 0 Å². The molecule has 2 aromatic heterocycles. The maximum absolute atomic E-state index is 12.2. The third-order valence-corrected chi connectivity index (χ3v) is 4.77. The summed E-state index contributed by atoms with van der Waals surface area (Å²) in [6.07, 6.45) is 0. The first-order valence-electron chi connectivity index (χ1n) is 7.42. The van der Waals surface area contributed by atoms with Crippen molar-refractivity contribution in [3.63, 3.8) is 0 Å². The lowest BCUT2D eigenvalue weighted by Crippen LogP contribution is -2.10. The zero-order chi connectivity index (χ0) is 18.3. The van der Waals surface area contributed by atoms with Crippen molar-refractivity contribution in [2.45, 2.75) is 0 Å². The number of hydrogen-bond acceptors (Lipinski definition) is 4. The standard InChI is InChI=1S/C18H9BrCl2N2O3/c19-16-6-5-15(25-16)17(24)22-10-2-4-14-13(8-10)23-18(26-14)9-1-3-11(20)12(21)7-9/h1-8H,(H,22,24). The predicted molar refractivity (Wildman–Crippen MR) is 104 cm³/mol. The smallest absolute Gasteiger partial charge is 0.291 e. The van der Waals surface area contributed by atoms with E-state index in [4.69, 9.17) is 32.0 Å². The van der Waals surface area contributed by atoms with Gasteiger partial charge in [0.15, 0.2) is 16.0 Å². The van der Waals surface area contributed by atoms with Crippen LogP contribution in [0.2, 0.25) is 10.0 Å². The molecule has 5 nitrogen and oxygen atoms in total. The van der Waals surface area contributed by atoms with Crippen LogP contribution < -0.4 is 5.32 Å². The molecular formula is C18H9BrCl2N2O3. The minimum Gasteiger partial charge on any atom is -0.444 e. The number of nitrogens with zero attached hydrogens (tertiary/aromatic N) is 1. The molecule has 0 bridgehead atoms. The van der Waals surface area contributed by atoms with Crippen LogP contribution in [-0.4, -0.2) is 10.9 Å². The van der Waals surface area contributed by atoms with Crippen LogP contribution in [0.25, 0.3) is 22.6 Å². The van der Waals surface area contributed by atoms with Crippen molar-refractivity contribution in [1.82, 2.24) is 4.98 Å². The quantitative estimate of drug-likeness (QED) is 0.390. The molecule has 2 heterocycles. The van der Waals surface area contributed by atoms with Crippen molar-refractivity contribution >= 4 is 61.8 Å². The molecule has 0 radical (unpaired) electrons. The van der Waals surface area contributed by atoms with Gasteiger partial charge in [0.2, 0.25) is 5.89 Å². The van der Waals surface area contributed by atoms with E-state index in [1.165, 1.54) is 0 Å². The summed E-state index contributed by atoms with van der Waals surface area (Å²) in [5.74, 6) is 0.258. The average Bonchev–Trinajstić information content (AvgIpc) is 3.23. The zero-order valence-corrected chi connectivity index (χ0v) is 16.0. The van der Waals surface area contributed by atoms with Crippen LogP contribution in [0.4, 0.5) is 5.69 Å². The van der Waals surface area contributed by atoms with Gasteiger partial charge in [0.25, 0.3) is 5.91 Å². The fraction of sp³-hybridized carbons (Fsp3) is 0. The summed E-state index contributed by atoms with van der Waals surface area (Å²) >= 11 is 15.1. The first kappa shape index (κ1) is 17.1. The van der Waals surface area contributed by atoms with Gasteiger partial charge in [-0.25, -0.2) is 4.98 Å². The molecule has 2 aromatic carbocycles. The number of carbonyl (C=O) groups is 1. The highest BCUT2D eigenvalue weighted by Gasteiger charge is 2.13. The number of benzene rings is 2. The van der Waals surface area contributed by atoms with E-state index in [9.17, 15) is 4.79 Å². The molecule has 0 aliphatic carbocycles. The predicted octanol–water partition coefficient (Wildman–Crippen LogP) is 6.41. The number of carbonyl (C=O) groups excluding carboxylic acids is 1. The number of aromatic nitrogens is 1. The third kappa shape index (κ3) is 3.35. The summed E-state index contributed by atoms with van der Waals surface area (Å²) in [6.45, 7) is 0. The van der Waals surface area contributed by atoms with E-state index in [1.54, 1.807) is 48.5 Å². The van der Waals surface area contributed by atoms with Crippen LogP contribution >= 0.6 is 39.1 Å². The molecular weight excluding hydrogens is 443 g/mol. The highest BCUT2D eigenvalue weighted by Crippen LogP contribution is 2.31. The fourth-order valence-electron chi connectivity index (χ4n) is 2.39. The Balaban J connectivity index is 1.63. The maximum atomic E-state index is 12.2. The van der Waals surface area contributed by atoms with Crippen LogP contribution in [0.3, 0.4) is 0 Å². The second kappa shape index (κ2) is 6.79. The van der Waals surface area contributed by atoms with Gasteiger partial charge in [-0.05, 0) is 64.5 Å². The van der Waals surface area contributed by atoms with Crippen LogP contribution in [-0.2, 0) is 0 Å². The largest absolute Gasteiger partial charge is 0.444 e. The first-order chi connectivity index (χ1) is 12.5. The van der Waals surface area contributed by atoms with E-state index in [2.05, 4.69) is 26.2 Å². The molecule has 1 amide bonds. The Kier molecular flexibility index (Phi) is 4.48. The number of halogens is 3. The van der Waals surface area contributed by atoms with Crippen molar-refractivity contribution in [2.24, 2.45) is 0 Å². The van der Waals surface area contributed by atoms with Gasteiger partial charge in [-0.15, -0.1) is 0 Å². The molecule has 26 heavy (non-hydrogen) atoms. The van der Waals surface area contributed by atoms with Gasteiger partial charge >= 0.3 is 0 Å². The van der Waals surface area contributed by atoms with E-state index >= 15 is 0 Å². The summed E-state index contributed by atoms with van der Waals surface area (Å²) < 4.78 is 11.5. The van der Waals surface area contributed by atoms with Gasteiger partial charge < -0.3 is 14.2 Å². The zero-order valence-electron chi connectivity index (χ0n) is 12.9. The molecule has 130 valence electrons. The van der Waals surface area contributed by atoms with Gasteiger partial charge in [-0.3, -0.25) is 4.79 Å². The lowest BCUT2D eigenvalue weighted by atomic mass is 10.2. The summed E-state index contributed by atoms with van der Waals surface area (Å²) in [5, 5.41) is 3.64. The van der Waals surface area contributed by atoms with Crippen molar-refractivity contribution in [3.05, 3.63) is 69.0 Å². The number of amides is 1. The van der Waals surface area contributed by atoms with Crippen LogP contribution in [0, 0.1) is 0 Å². The molecule has 4 aromatic rings. The van der Waals surface area contributed by atoms with Gasteiger partial charge in [0.1, 0.15) is 5.52 Å². The third-order valence-electron chi connectivity index (χ3n) is 3.61. The lowest BCUT2D eigenvalue weighted by Gasteiger charge is -2.02. The number of fused-ring (bicyclic) bond motifs is 1. The van der Waals surface area contributed by atoms with Crippen molar-refractivity contribution in [1.29, 1.82) is 0 Å². The van der Waals surface area contributed by atoms with E-state index < -0.39 is 0 Å². The van der Waals surface area contributed by atoms with Crippen LogP contribution in [0.1, 0.15) is 10.6 Å². The molecule has 8 heteroatoms. The fourth-order valence-corrected chi connectivity index (χ4v) is 2.99. The number of oxazole rings is 1. The Bertz CT molecular complexity index is 1140. The molecule has 0 saturated heterocycles. The number of anilines is 1. The molecule has 0 unspecified atom stereocenters. The minimum absolute atomic E-state index is 0.202. The Morgan fingerprint density at radius 3 is 2.58 bits per heavy atom. The van der Waals surface area contributed by atoms with Gasteiger partial charge in [-0.2, -0.15) is 0 Å². The SMILES string of the molecule is O=C(Nc1ccc2oc(-c3ccc(Cl)c(Cl)c3)nc2c1)c1ccc(Br)o1. The van der Waals surface area contributed by atoms with E-state index in [0.29, 0.717) is 43.0 Å². The molecule has 0 saturated carbocycles. The number of hydrogen-bond donors (Lipinski definition) is 1. The molecule has 0 aliphatic rings. The van der Waals surface area contributed by atoms with Crippen molar-refractivity contribution < 1.29 is 13.6 Å². The Labute approximate surface area is 166 Å². The highest BCUT2D eigenvalue weighted by atomic mass is 79.9.